The van der Waals surface area contributed by atoms with Crippen LogP contribution in [0.15, 0.2) is 48.5 Å². The summed E-state index contributed by atoms with van der Waals surface area (Å²) in [5, 5.41) is 26.9. The number of aliphatic hydroxyl groups is 1. The number of aromatic nitrogens is 2. The average molecular weight is 311 g/mol. The highest BCUT2D eigenvalue weighted by Crippen LogP contribution is 2.33. The van der Waals surface area contributed by atoms with Crippen LogP contribution in [0.4, 0.5) is 10.2 Å². The van der Waals surface area contributed by atoms with Gasteiger partial charge in [-0.05, 0) is 18.2 Å². The molecule has 0 saturated carbocycles. The van der Waals surface area contributed by atoms with Crippen molar-refractivity contribution in [2.75, 3.05) is 5.73 Å². The van der Waals surface area contributed by atoms with E-state index >= 15 is 0 Å². The second-order valence-corrected chi connectivity index (χ2v) is 4.98. The van der Waals surface area contributed by atoms with Crippen molar-refractivity contribution in [1.82, 2.24) is 10.2 Å². The summed E-state index contributed by atoms with van der Waals surface area (Å²) in [6.07, 6.45) is 0. The molecular formula is C17H14FN3O2. The molecule has 0 amide bonds. The molecule has 0 unspecified atom stereocenters. The predicted molar refractivity (Wildman–Crippen MR) is 84.9 cm³/mol. The molecule has 0 bridgehead atoms. The van der Waals surface area contributed by atoms with Crippen LogP contribution in [-0.4, -0.2) is 20.4 Å². The maximum Gasteiger partial charge on any atom is 0.154 e. The van der Waals surface area contributed by atoms with Crippen LogP contribution in [0.5, 0.6) is 5.75 Å². The zero-order valence-corrected chi connectivity index (χ0v) is 12.1. The lowest BCUT2D eigenvalue weighted by atomic mass is 10.0. The Hall–Kier alpha value is -2.99. The third kappa shape index (κ3) is 2.72. The third-order valence-corrected chi connectivity index (χ3v) is 3.54. The van der Waals surface area contributed by atoms with Gasteiger partial charge in [-0.15, -0.1) is 10.2 Å². The van der Waals surface area contributed by atoms with Gasteiger partial charge in [0, 0.05) is 22.3 Å². The summed E-state index contributed by atoms with van der Waals surface area (Å²) < 4.78 is 14.4. The van der Waals surface area contributed by atoms with E-state index in [1.165, 1.54) is 12.1 Å². The minimum atomic E-state index is -0.557. The molecule has 23 heavy (non-hydrogen) atoms. The van der Waals surface area contributed by atoms with Crippen LogP contribution in [0, 0.1) is 5.82 Å². The maximum atomic E-state index is 14.4. The van der Waals surface area contributed by atoms with Gasteiger partial charge in [0.05, 0.1) is 12.3 Å². The molecule has 6 heteroatoms. The summed E-state index contributed by atoms with van der Waals surface area (Å²) in [6, 6.07) is 12.9. The number of anilines is 1. The van der Waals surface area contributed by atoms with Gasteiger partial charge < -0.3 is 15.9 Å². The first-order chi connectivity index (χ1) is 11.1. The largest absolute Gasteiger partial charge is 0.507 e. The molecule has 5 nitrogen and oxygen atoms in total. The van der Waals surface area contributed by atoms with E-state index in [9.17, 15) is 14.6 Å². The van der Waals surface area contributed by atoms with Gasteiger partial charge in [-0.1, -0.05) is 30.3 Å². The zero-order valence-electron chi connectivity index (χ0n) is 12.1. The second kappa shape index (κ2) is 6.02. The van der Waals surface area contributed by atoms with Crippen LogP contribution in [-0.2, 0) is 6.61 Å². The van der Waals surface area contributed by atoms with E-state index in [1.54, 1.807) is 36.4 Å². The van der Waals surface area contributed by atoms with Crippen molar-refractivity contribution >= 4 is 5.82 Å². The van der Waals surface area contributed by atoms with Crippen LogP contribution in [0.3, 0.4) is 0 Å². The molecule has 3 rings (SSSR count). The van der Waals surface area contributed by atoms with Gasteiger partial charge in [-0.2, -0.15) is 0 Å². The van der Waals surface area contributed by atoms with E-state index in [-0.39, 0.29) is 22.7 Å². The van der Waals surface area contributed by atoms with Crippen LogP contribution >= 0.6 is 0 Å². The topological polar surface area (TPSA) is 92.3 Å². The summed E-state index contributed by atoms with van der Waals surface area (Å²) >= 11 is 0. The number of halogens is 1. The fourth-order valence-electron chi connectivity index (χ4n) is 2.35. The number of aromatic hydroxyl groups is 1. The Labute approximate surface area is 131 Å². The van der Waals surface area contributed by atoms with Crippen molar-refractivity contribution in [3.63, 3.8) is 0 Å². The zero-order chi connectivity index (χ0) is 16.4. The number of aliphatic hydroxyl groups excluding tert-OH is 1. The van der Waals surface area contributed by atoms with E-state index < -0.39 is 12.4 Å². The van der Waals surface area contributed by atoms with Crippen molar-refractivity contribution < 1.29 is 14.6 Å². The summed E-state index contributed by atoms with van der Waals surface area (Å²) in [5.74, 6) is -0.446. The average Bonchev–Trinajstić information content (AvgIpc) is 2.56. The van der Waals surface area contributed by atoms with Gasteiger partial charge in [0.2, 0.25) is 0 Å². The summed E-state index contributed by atoms with van der Waals surface area (Å²) in [5.41, 5.74) is 7.43. The first-order valence-electron chi connectivity index (χ1n) is 6.92. The third-order valence-electron chi connectivity index (χ3n) is 3.54. The van der Waals surface area contributed by atoms with Crippen molar-refractivity contribution in [3.05, 3.63) is 59.9 Å². The maximum absolute atomic E-state index is 14.4. The van der Waals surface area contributed by atoms with Crippen LogP contribution in [0.1, 0.15) is 5.56 Å². The summed E-state index contributed by atoms with van der Waals surface area (Å²) in [7, 11) is 0. The van der Waals surface area contributed by atoms with Crippen molar-refractivity contribution in [2.45, 2.75) is 6.61 Å². The second-order valence-electron chi connectivity index (χ2n) is 4.98. The Morgan fingerprint density at radius 2 is 1.70 bits per heavy atom. The summed E-state index contributed by atoms with van der Waals surface area (Å²) in [4.78, 5) is 0. The molecule has 0 atom stereocenters. The van der Waals surface area contributed by atoms with Gasteiger partial charge in [-0.3, -0.25) is 0 Å². The van der Waals surface area contributed by atoms with Gasteiger partial charge >= 0.3 is 0 Å². The number of hydrogen-bond acceptors (Lipinski definition) is 5. The predicted octanol–water partition coefficient (Wildman–Crippen LogP) is 2.73. The van der Waals surface area contributed by atoms with Crippen LogP contribution in [0.25, 0.3) is 22.4 Å². The molecule has 0 aliphatic rings. The Balaban J connectivity index is 2.18. The Morgan fingerprint density at radius 3 is 2.43 bits per heavy atom. The molecule has 0 radical (unpaired) electrons. The highest BCUT2D eigenvalue weighted by molar-refractivity contribution is 5.79. The first-order valence-corrected chi connectivity index (χ1v) is 6.92. The lowest BCUT2D eigenvalue weighted by molar-refractivity contribution is 0.276. The number of nitrogen functional groups attached to an aromatic ring is 1. The van der Waals surface area contributed by atoms with Gasteiger partial charge in [-0.25, -0.2) is 4.39 Å². The molecule has 0 aliphatic carbocycles. The number of rotatable bonds is 3. The van der Waals surface area contributed by atoms with Crippen molar-refractivity contribution in [1.29, 1.82) is 0 Å². The highest BCUT2D eigenvalue weighted by atomic mass is 19.1. The minimum absolute atomic E-state index is 0.0436. The van der Waals surface area contributed by atoms with Gasteiger partial charge in [0.25, 0.3) is 0 Å². The molecule has 0 fully saturated rings. The van der Waals surface area contributed by atoms with E-state index in [0.29, 0.717) is 16.8 Å². The summed E-state index contributed by atoms with van der Waals surface area (Å²) in [6.45, 7) is -0.412. The molecule has 0 saturated heterocycles. The number of benzene rings is 2. The molecule has 0 aliphatic heterocycles. The number of nitrogens with two attached hydrogens (primary N) is 1. The first kappa shape index (κ1) is 14.9. The van der Waals surface area contributed by atoms with Gasteiger partial charge in [0.15, 0.2) is 5.82 Å². The monoisotopic (exact) mass is 311 g/mol. The molecular weight excluding hydrogens is 297 g/mol. The van der Waals surface area contributed by atoms with Crippen molar-refractivity contribution in [3.8, 4) is 28.1 Å². The smallest absolute Gasteiger partial charge is 0.154 e. The Bertz CT molecular complexity index is 868. The molecule has 3 aromatic rings. The number of nitrogens with zero attached hydrogens (tertiary/aromatic N) is 2. The van der Waals surface area contributed by atoms with E-state index in [4.69, 9.17) is 5.73 Å². The SMILES string of the molecule is Nc1nnc(-c2ccccc2O)cc1-c1cccc(CO)c1F. The fourth-order valence-corrected chi connectivity index (χ4v) is 2.35. The molecule has 1 heterocycles. The Morgan fingerprint density at radius 1 is 0.957 bits per heavy atom. The van der Waals surface area contributed by atoms with E-state index in [1.807, 2.05) is 0 Å². The normalized spacial score (nSPS) is 10.7. The van der Waals surface area contributed by atoms with Crippen LogP contribution in [0.2, 0.25) is 0 Å². The van der Waals surface area contributed by atoms with Gasteiger partial charge in [0.1, 0.15) is 11.6 Å². The molecule has 4 N–H and O–H groups in total. The number of phenolic OH excluding ortho intramolecular Hbond substituents is 1. The lowest BCUT2D eigenvalue weighted by Crippen LogP contribution is -2.01. The number of phenols is 1. The lowest BCUT2D eigenvalue weighted by Gasteiger charge is -2.10. The van der Waals surface area contributed by atoms with E-state index in [0.717, 1.165) is 0 Å². The molecule has 116 valence electrons. The minimum Gasteiger partial charge on any atom is -0.507 e. The van der Waals surface area contributed by atoms with Crippen LogP contribution < -0.4 is 5.73 Å². The quantitative estimate of drug-likeness (QED) is 0.691. The standard InChI is InChI=1S/C17H14FN3O2/c18-16-10(9-22)4-3-6-11(16)13-8-14(20-21-17(13)19)12-5-1-2-7-15(12)23/h1-8,22-23H,9H2,(H2,19,21). The number of hydrogen-bond donors (Lipinski definition) is 3. The molecule has 2 aromatic carbocycles. The molecule has 0 spiro atoms. The van der Waals surface area contributed by atoms with Crippen molar-refractivity contribution in [2.24, 2.45) is 0 Å². The fraction of sp³-hybridized carbons (Fsp3) is 0.0588. The number of para-hydroxylation sites is 1. The Kier molecular flexibility index (Phi) is 3.91. The van der Waals surface area contributed by atoms with E-state index in [2.05, 4.69) is 10.2 Å². The highest BCUT2D eigenvalue weighted by Gasteiger charge is 2.15. The molecule has 1 aromatic heterocycles.